The minimum Gasteiger partial charge on any atom is -0.488 e. The van der Waals surface area contributed by atoms with E-state index in [-0.39, 0.29) is 16.0 Å². The van der Waals surface area contributed by atoms with Crippen molar-refractivity contribution in [2.24, 2.45) is 0 Å². The molecule has 0 unspecified atom stereocenters. The number of aliphatic carboxylic acids is 1. The van der Waals surface area contributed by atoms with Gasteiger partial charge >= 0.3 is 5.97 Å². The van der Waals surface area contributed by atoms with E-state index < -0.39 is 5.97 Å². The van der Waals surface area contributed by atoms with Gasteiger partial charge in [0.1, 0.15) is 17.3 Å². The molecule has 0 atom stereocenters. The maximum absolute atomic E-state index is 11.9. The Morgan fingerprint density at radius 2 is 1.72 bits per heavy atom. The lowest BCUT2D eigenvalue weighted by atomic mass is 10.2. The van der Waals surface area contributed by atoms with Gasteiger partial charge in [0.15, 0.2) is 0 Å². The number of ether oxygens (including phenoxy) is 1. The molecular weight excluding hydrogens is 448 g/mol. The molecule has 0 amide bonds. The molecule has 1 N–H and O–H groups in total. The van der Waals surface area contributed by atoms with Crippen molar-refractivity contribution >= 4 is 35.4 Å². The van der Waals surface area contributed by atoms with Gasteiger partial charge in [0.25, 0.3) is 5.22 Å². The lowest BCUT2D eigenvalue weighted by Gasteiger charge is -2.10. The number of aromatic nitrogens is 2. The molecule has 0 bridgehead atoms. The summed E-state index contributed by atoms with van der Waals surface area (Å²) in [6, 6.07) is 23.9. The third-order valence-electron chi connectivity index (χ3n) is 4.35. The second-order valence-electron chi connectivity index (χ2n) is 6.61. The fraction of sp³-hybridized carbons (Fsp3) is 0.0417. The highest BCUT2D eigenvalue weighted by Gasteiger charge is 2.17. The van der Waals surface area contributed by atoms with Crippen molar-refractivity contribution in [2.45, 2.75) is 11.8 Å². The number of halogens is 1. The lowest BCUT2D eigenvalue weighted by Crippen LogP contribution is -1.99. The van der Waals surface area contributed by atoms with Gasteiger partial charge in [0, 0.05) is 16.1 Å². The first-order valence-electron chi connectivity index (χ1n) is 9.56. The zero-order valence-electron chi connectivity index (χ0n) is 16.6. The first-order chi connectivity index (χ1) is 15.6. The number of rotatable bonds is 8. The van der Waals surface area contributed by atoms with Crippen molar-refractivity contribution in [3.8, 4) is 17.2 Å². The van der Waals surface area contributed by atoms with Crippen molar-refractivity contribution < 1.29 is 19.1 Å². The highest BCUT2D eigenvalue weighted by Crippen LogP contribution is 2.32. The summed E-state index contributed by atoms with van der Waals surface area (Å²) in [4.78, 5) is 11.9. The molecule has 32 heavy (non-hydrogen) atoms. The Morgan fingerprint density at radius 3 is 2.47 bits per heavy atom. The Kier molecular flexibility index (Phi) is 6.89. The molecular formula is C24H17ClN2O4S. The van der Waals surface area contributed by atoms with Crippen molar-refractivity contribution in [2.75, 3.05) is 0 Å². The van der Waals surface area contributed by atoms with E-state index in [9.17, 15) is 9.90 Å². The van der Waals surface area contributed by atoms with E-state index in [0.717, 1.165) is 17.3 Å². The van der Waals surface area contributed by atoms with Crippen LogP contribution in [0.2, 0.25) is 5.02 Å². The van der Waals surface area contributed by atoms with Crippen LogP contribution in [-0.4, -0.2) is 21.3 Å². The number of thioether (sulfide) groups is 1. The standard InChI is InChI=1S/C24H17ClN2O4S/c25-19-12-10-17(11-13-19)22-26-27-24(31-22)32-21(23(28)29)14-18-8-4-5-9-20(18)30-15-16-6-2-1-3-7-16/h1-14H,15H2,(H,28,29)/b21-14-. The van der Waals surface area contributed by atoms with Crippen LogP contribution in [0.5, 0.6) is 5.75 Å². The number of para-hydroxylation sites is 1. The smallest absolute Gasteiger partial charge is 0.342 e. The van der Waals surface area contributed by atoms with Crippen molar-refractivity contribution in [3.05, 3.63) is 99.9 Å². The van der Waals surface area contributed by atoms with E-state index in [0.29, 0.717) is 28.5 Å². The monoisotopic (exact) mass is 464 g/mol. The molecule has 0 fully saturated rings. The summed E-state index contributed by atoms with van der Waals surface area (Å²) in [7, 11) is 0. The second-order valence-corrected chi connectivity index (χ2v) is 8.04. The average molecular weight is 465 g/mol. The average Bonchev–Trinajstić information content (AvgIpc) is 3.28. The number of hydrogen-bond acceptors (Lipinski definition) is 6. The van der Waals surface area contributed by atoms with Gasteiger partial charge in [-0.25, -0.2) is 4.79 Å². The van der Waals surface area contributed by atoms with E-state index in [1.807, 2.05) is 42.5 Å². The summed E-state index contributed by atoms with van der Waals surface area (Å²) in [5.41, 5.74) is 2.33. The molecule has 0 aliphatic heterocycles. The molecule has 0 saturated heterocycles. The summed E-state index contributed by atoms with van der Waals surface area (Å²) in [6.07, 6.45) is 1.53. The highest BCUT2D eigenvalue weighted by molar-refractivity contribution is 8.03. The van der Waals surface area contributed by atoms with E-state index in [1.165, 1.54) is 6.08 Å². The normalized spacial score (nSPS) is 11.3. The Morgan fingerprint density at radius 1 is 1.00 bits per heavy atom. The topological polar surface area (TPSA) is 85.5 Å². The quantitative estimate of drug-likeness (QED) is 0.246. The van der Waals surface area contributed by atoms with E-state index in [2.05, 4.69) is 10.2 Å². The number of benzene rings is 3. The van der Waals surface area contributed by atoms with Crippen LogP contribution in [0.4, 0.5) is 0 Å². The van der Waals surface area contributed by atoms with Crippen LogP contribution in [0.15, 0.2) is 93.4 Å². The van der Waals surface area contributed by atoms with Gasteiger partial charge in [-0.05, 0) is 53.7 Å². The molecule has 0 aliphatic carbocycles. The zero-order valence-corrected chi connectivity index (χ0v) is 18.2. The molecule has 6 nitrogen and oxygen atoms in total. The third-order valence-corrected chi connectivity index (χ3v) is 5.45. The van der Waals surface area contributed by atoms with Crippen molar-refractivity contribution in [1.82, 2.24) is 10.2 Å². The number of carboxylic acids is 1. The van der Waals surface area contributed by atoms with Crippen molar-refractivity contribution in [3.63, 3.8) is 0 Å². The minimum atomic E-state index is -1.11. The second kappa shape index (κ2) is 10.2. The van der Waals surface area contributed by atoms with Gasteiger partial charge in [-0.3, -0.25) is 0 Å². The van der Waals surface area contributed by atoms with Crippen LogP contribution in [0.3, 0.4) is 0 Å². The van der Waals surface area contributed by atoms with Crippen LogP contribution in [0, 0.1) is 0 Å². The predicted molar refractivity (Wildman–Crippen MR) is 123 cm³/mol. The van der Waals surface area contributed by atoms with Crippen molar-refractivity contribution in [1.29, 1.82) is 0 Å². The fourth-order valence-electron chi connectivity index (χ4n) is 2.80. The molecule has 0 radical (unpaired) electrons. The molecule has 1 heterocycles. The lowest BCUT2D eigenvalue weighted by molar-refractivity contribution is -0.131. The predicted octanol–water partition coefficient (Wildman–Crippen LogP) is 6.19. The fourth-order valence-corrected chi connectivity index (χ4v) is 3.59. The van der Waals surface area contributed by atoms with Gasteiger partial charge in [-0.2, -0.15) is 0 Å². The first-order valence-corrected chi connectivity index (χ1v) is 10.8. The summed E-state index contributed by atoms with van der Waals surface area (Å²) in [6.45, 7) is 0.370. The van der Waals surface area contributed by atoms with Gasteiger partial charge in [-0.1, -0.05) is 60.1 Å². The summed E-state index contributed by atoms with van der Waals surface area (Å²) >= 11 is 6.77. The Bertz CT molecular complexity index is 1240. The van der Waals surface area contributed by atoms with Crippen LogP contribution >= 0.6 is 23.4 Å². The maximum Gasteiger partial charge on any atom is 0.342 e. The summed E-state index contributed by atoms with van der Waals surface area (Å²) in [5, 5.41) is 18.4. The largest absolute Gasteiger partial charge is 0.488 e. The molecule has 0 saturated carbocycles. The summed E-state index contributed by atoms with van der Waals surface area (Å²) in [5.74, 6) is -0.261. The first kappa shape index (κ1) is 21.7. The van der Waals surface area contributed by atoms with E-state index in [4.69, 9.17) is 20.8 Å². The zero-order chi connectivity index (χ0) is 22.3. The number of nitrogens with zero attached hydrogens (tertiary/aromatic N) is 2. The van der Waals surface area contributed by atoms with Crippen LogP contribution in [0.1, 0.15) is 11.1 Å². The number of carboxylic acid groups (broad SMARTS) is 1. The van der Waals surface area contributed by atoms with E-state index in [1.54, 1.807) is 36.4 Å². The maximum atomic E-state index is 11.9. The molecule has 0 aliphatic rings. The molecule has 0 spiro atoms. The molecule has 3 aromatic carbocycles. The highest BCUT2D eigenvalue weighted by atomic mass is 35.5. The molecule has 4 aromatic rings. The van der Waals surface area contributed by atoms with Gasteiger partial charge in [0.05, 0.1) is 0 Å². The Hall–Kier alpha value is -3.55. The third kappa shape index (κ3) is 5.57. The molecule has 1 aromatic heterocycles. The Labute approximate surface area is 193 Å². The van der Waals surface area contributed by atoms with Gasteiger partial charge in [-0.15, -0.1) is 10.2 Å². The van der Waals surface area contributed by atoms with Crippen LogP contribution in [0.25, 0.3) is 17.5 Å². The molecule has 160 valence electrons. The van der Waals surface area contributed by atoms with Gasteiger partial charge in [0.2, 0.25) is 5.89 Å². The summed E-state index contributed by atoms with van der Waals surface area (Å²) < 4.78 is 11.5. The van der Waals surface area contributed by atoms with Crippen LogP contribution < -0.4 is 4.74 Å². The minimum absolute atomic E-state index is 0.0204. The number of hydrogen-bond donors (Lipinski definition) is 1. The van der Waals surface area contributed by atoms with E-state index >= 15 is 0 Å². The van der Waals surface area contributed by atoms with Crippen LogP contribution in [-0.2, 0) is 11.4 Å². The number of carbonyl (C=O) groups is 1. The van der Waals surface area contributed by atoms with Gasteiger partial charge < -0.3 is 14.3 Å². The SMILES string of the molecule is O=C(O)/C(=C/c1ccccc1OCc1ccccc1)Sc1nnc(-c2ccc(Cl)cc2)o1. The molecule has 4 rings (SSSR count). The molecule has 8 heteroatoms. The Balaban J connectivity index is 1.54.